The fraction of sp³-hybridized carbons (Fsp3) is 0.333. The van der Waals surface area contributed by atoms with Gasteiger partial charge in [0.15, 0.2) is 0 Å². The lowest BCUT2D eigenvalue weighted by molar-refractivity contribution is 0.478. The van der Waals surface area contributed by atoms with Crippen molar-refractivity contribution >= 4 is 11.0 Å². The topological polar surface area (TPSA) is 51.2 Å². The number of hydrogen-bond donors (Lipinski definition) is 2. The Morgan fingerprint density at radius 1 is 1.40 bits per heavy atom. The molecule has 0 aliphatic heterocycles. The van der Waals surface area contributed by atoms with Crippen LogP contribution in [0.15, 0.2) is 34.7 Å². The van der Waals surface area contributed by atoms with E-state index in [2.05, 4.69) is 24.4 Å². The van der Waals surface area contributed by atoms with Gasteiger partial charge in [-0.05, 0) is 19.1 Å². The third-order valence-corrected chi connectivity index (χ3v) is 2.45. The van der Waals surface area contributed by atoms with Gasteiger partial charge in [0.25, 0.3) is 0 Å². The molecule has 1 heterocycles. The van der Waals surface area contributed by atoms with E-state index >= 15 is 0 Å². The Hall–Kier alpha value is -1.32. The largest absolute Gasteiger partial charge is 0.460 e. The molecule has 2 aromatic rings. The van der Waals surface area contributed by atoms with Crippen molar-refractivity contribution in [3.63, 3.8) is 0 Å². The maximum absolute atomic E-state index is 5.66. The maximum Gasteiger partial charge on any atom is 0.134 e. The van der Waals surface area contributed by atoms with Gasteiger partial charge in [-0.15, -0.1) is 0 Å². The molecular formula is C12H16N2O. The summed E-state index contributed by atoms with van der Waals surface area (Å²) in [5, 5.41) is 4.44. The first-order chi connectivity index (χ1) is 7.29. The van der Waals surface area contributed by atoms with E-state index in [-0.39, 0.29) is 0 Å². The molecule has 3 N–H and O–H groups in total. The van der Waals surface area contributed by atoms with E-state index < -0.39 is 0 Å². The molecule has 0 aliphatic rings. The summed E-state index contributed by atoms with van der Waals surface area (Å²) in [6, 6.07) is 10.4. The molecule has 0 spiro atoms. The van der Waals surface area contributed by atoms with Crippen LogP contribution in [0.25, 0.3) is 11.0 Å². The van der Waals surface area contributed by atoms with E-state index in [0.29, 0.717) is 12.6 Å². The summed E-state index contributed by atoms with van der Waals surface area (Å²) in [6.07, 6.45) is 0. The molecule has 0 bridgehead atoms. The molecule has 80 valence electrons. The number of benzene rings is 1. The predicted molar refractivity (Wildman–Crippen MR) is 61.6 cm³/mol. The monoisotopic (exact) mass is 204 g/mol. The Kier molecular flexibility index (Phi) is 3.04. The fourth-order valence-corrected chi connectivity index (χ4v) is 1.48. The Balaban J connectivity index is 2.09. The van der Waals surface area contributed by atoms with Crippen LogP contribution in [0, 0.1) is 0 Å². The molecule has 0 saturated heterocycles. The second-order valence-corrected chi connectivity index (χ2v) is 3.77. The number of hydrogen-bond acceptors (Lipinski definition) is 3. The smallest absolute Gasteiger partial charge is 0.134 e. The Morgan fingerprint density at radius 3 is 2.93 bits per heavy atom. The molecule has 0 saturated carbocycles. The zero-order valence-electron chi connectivity index (χ0n) is 8.86. The van der Waals surface area contributed by atoms with E-state index in [1.54, 1.807) is 0 Å². The molecule has 15 heavy (non-hydrogen) atoms. The first kappa shape index (κ1) is 10.2. The van der Waals surface area contributed by atoms with Crippen LogP contribution in [0.3, 0.4) is 0 Å². The normalized spacial score (nSPS) is 13.2. The Labute approximate surface area is 89.3 Å². The highest BCUT2D eigenvalue weighted by molar-refractivity contribution is 5.77. The lowest BCUT2D eigenvalue weighted by Gasteiger charge is -2.08. The summed E-state index contributed by atoms with van der Waals surface area (Å²) in [6.45, 7) is 3.43. The number of nitrogens with two attached hydrogens (primary N) is 1. The van der Waals surface area contributed by atoms with Crippen molar-refractivity contribution in [2.24, 2.45) is 5.73 Å². The molecule has 1 aromatic carbocycles. The number of furan rings is 1. The molecule has 0 radical (unpaired) electrons. The maximum atomic E-state index is 5.66. The van der Waals surface area contributed by atoms with Gasteiger partial charge < -0.3 is 15.5 Å². The van der Waals surface area contributed by atoms with Crippen molar-refractivity contribution in [1.82, 2.24) is 5.32 Å². The van der Waals surface area contributed by atoms with Crippen molar-refractivity contribution in [1.29, 1.82) is 0 Å². The van der Waals surface area contributed by atoms with Crippen LogP contribution in [0.1, 0.15) is 12.7 Å². The first-order valence-electron chi connectivity index (χ1n) is 5.20. The molecular weight excluding hydrogens is 188 g/mol. The highest BCUT2D eigenvalue weighted by Gasteiger charge is 2.04. The number of nitrogens with one attached hydrogen (secondary N) is 1. The fourth-order valence-electron chi connectivity index (χ4n) is 1.48. The SMILES string of the molecule is C[C@@H](CN)NCc1cc2ccccc2o1. The molecule has 0 aliphatic carbocycles. The molecule has 0 amide bonds. The van der Waals surface area contributed by atoms with E-state index in [1.165, 1.54) is 0 Å². The van der Waals surface area contributed by atoms with Crippen LogP contribution < -0.4 is 11.1 Å². The minimum Gasteiger partial charge on any atom is -0.460 e. The van der Waals surface area contributed by atoms with Gasteiger partial charge in [-0.1, -0.05) is 18.2 Å². The third-order valence-electron chi connectivity index (χ3n) is 2.45. The van der Waals surface area contributed by atoms with Gasteiger partial charge in [-0.3, -0.25) is 0 Å². The third kappa shape index (κ3) is 2.37. The van der Waals surface area contributed by atoms with Crippen LogP contribution in [-0.2, 0) is 6.54 Å². The van der Waals surface area contributed by atoms with Crippen molar-refractivity contribution in [3.8, 4) is 0 Å². The van der Waals surface area contributed by atoms with Crippen molar-refractivity contribution in [3.05, 3.63) is 36.1 Å². The highest BCUT2D eigenvalue weighted by atomic mass is 16.3. The minimum atomic E-state index is 0.318. The zero-order chi connectivity index (χ0) is 10.7. The lowest BCUT2D eigenvalue weighted by Crippen LogP contribution is -2.32. The molecule has 2 rings (SSSR count). The van der Waals surface area contributed by atoms with E-state index in [1.807, 2.05) is 18.2 Å². The number of para-hydroxylation sites is 1. The molecule has 3 nitrogen and oxygen atoms in total. The number of rotatable bonds is 4. The Morgan fingerprint density at radius 2 is 2.20 bits per heavy atom. The summed E-state index contributed by atoms with van der Waals surface area (Å²) in [5.41, 5.74) is 6.46. The molecule has 0 fully saturated rings. The van der Waals surface area contributed by atoms with Crippen molar-refractivity contribution in [2.45, 2.75) is 19.5 Å². The molecule has 3 heteroatoms. The average Bonchev–Trinajstić information content (AvgIpc) is 2.68. The summed E-state index contributed by atoms with van der Waals surface area (Å²) >= 11 is 0. The quantitative estimate of drug-likeness (QED) is 0.799. The molecule has 1 aromatic heterocycles. The second-order valence-electron chi connectivity index (χ2n) is 3.77. The van der Waals surface area contributed by atoms with Crippen LogP contribution in [0.4, 0.5) is 0 Å². The summed E-state index contributed by atoms with van der Waals surface area (Å²) in [5.74, 6) is 0.955. The van der Waals surface area contributed by atoms with E-state index in [0.717, 1.165) is 23.3 Å². The van der Waals surface area contributed by atoms with Gasteiger partial charge in [0.05, 0.1) is 6.54 Å². The lowest BCUT2D eigenvalue weighted by atomic mass is 10.2. The summed E-state index contributed by atoms with van der Waals surface area (Å²) in [4.78, 5) is 0. The Bertz CT molecular complexity index is 403. The van der Waals surface area contributed by atoms with Crippen LogP contribution in [-0.4, -0.2) is 12.6 Å². The number of fused-ring (bicyclic) bond motifs is 1. The molecule has 0 unspecified atom stereocenters. The predicted octanol–water partition coefficient (Wildman–Crippen LogP) is 1.87. The van der Waals surface area contributed by atoms with E-state index in [4.69, 9.17) is 10.2 Å². The van der Waals surface area contributed by atoms with Crippen molar-refractivity contribution in [2.75, 3.05) is 6.54 Å². The second kappa shape index (κ2) is 4.47. The van der Waals surface area contributed by atoms with Gasteiger partial charge in [0.1, 0.15) is 11.3 Å². The van der Waals surface area contributed by atoms with Gasteiger partial charge in [0.2, 0.25) is 0 Å². The summed E-state index contributed by atoms with van der Waals surface area (Å²) < 4.78 is 5.66. The van der Waals surface area contributed by atoms with E-state index in [9.17, 15) is 0 Å². The van der Waals surface area contributed by atoms with Crippen LogP contribution in [0.2, 0.25) is 0 Å². The minimum absolute atomic E-state index is 0.318. The highest BCUT2D eigenvalue weighted by Crippen LogP contribution is 2.18. The van der Waals surface area contributed by atoms with Gasteiger partial charge >= 0.3 is 0 Å². The van der Waals surface area contributed by atoms with Gasteiger partial charge in [0, 0.05) is 18.0 Å². The van der Waals surface area contributed by atoms with Gasteiger partial charge in [-0.2, -0.15) is 0 Å². The zero-order valence-corrected chi connectivity index (χ0v) is 8.86. The average molecular weight is 204 g/mol. The summed E-state index contributed by atoms with van der Waals surface area (Å²) in [7, 11) is 0. The van der Waals surface area contributed by atoms with Crippen LogP contribution in [0.5, 0.6) is 0 Å². The van der Waals surface area contributed by atoms with Crippen molar-refractivity contribution < 1.29 is 4.42 Å². The van der Waals surface area contributed by atoms with Gasteiger partial charge in [-0.25, -0.2) is 0 Å². The molecule has 1 atom stereocenters. The first-order valence-corrected chi connectivity index (χ1v) is 5.20. The standard InChI is InChI=1S/C12H16N2O/c1-9(7-13)14-8-11-6-10-4-2-3-5-12(10)15-11/h2-6,9,14H,7-8,13H2,1H3/t9-/m0/s1. The van der Waals surface area contributed by atoms with Crippen LogP contribution >= 0.6 is 0 Å².